The van der Waals surface area contributed by atoms with Crippen molar-refractivity contribution in [2.75, 3.05) is 0 Å². The van der Waals surface area contributed by atoms with Gasteiger partial charge < -0.3 is 0 Å². The van der Waals surface area contributed by atoms with Gasteiger partial charge >= 0.3 is 0 Å². The minimum absolute atomic E-state index is 1.19. The summed E-state index contributed by atoms with van der Waals surface area (Å²) in [5, 5.41) is 0. The van der Waals surface area contributed by atoms with E-state index in [4.69, 9.17) is 0 Å². The lowest BCUT2D eigenvalue weighted by atomic mass is 10.0. The second-order valence-corrected chi connectivity index (χ2v) is 3.26. The van der Waals surface area contributed by atoms with Gasteiger partial charge in [0.1, 0.15) is 0 Å². The van der Waals surface area contributed by atoms with E-state index in [1.54, 1.807) is 11.3 Å². The second kappa shape index (κ2) is 2.10. The van der Waals surface area contributed by atoms with Crippen LogP contribution in [0.15, 0.2) is 0 Å². The zero-order chi connectivity index (χ0) is 6.10. The van der Waals surface area contributed by atoms with E-state index >= 15 is 0 Å². The lowest BCUT2D eigenvalue weighted by molar-refractivity contribution is 0.682. The zero-order valence-electron chi connectivity index (χ0n) is 5.18. The third-order valence-corrected chi connectivity index (χ3v) is 2.61. The minimum atomic E-state index is 1.19. The molecular weight excluding hydrogens is 130 g/mol. The van der Waals surface area contributed by atoms with Gasteiger partial charge in [0.2, 0.25) is 0 Å². The van der Waals surface area contributed by atoms with E-state index in [1.165, 1.54) is 36.3 Å². The average molecular weight is 138 g/mol. The standard InChI is InChI=1S/C7H8NS/c1-2-4-7-6(3-1)8-5-9-7/h1-4H2. The molecule has 1 aliphatic carbocycles. The summed E-state index contributed by atoms with van der Waals surface area (Å²) < 4.78 is 0. The predicted molar refractivity (Wildman–Crippen MR) is 37.6 cm³/mol. The first-order chi connectivity index (χ1) is 4.47. The molecule has 1 radical (unpaired) electrons. The lowest BCUT2D eigenvalue weighted by Gasteiger charge is -2.06. The van der Waals surface area contributed by atoms with E-state index in [-0.39, 0.29) is 0 Å². The molecule has 1 aromatic heterocycles. The Morgan fingerprint density at radius 3 is 3.11 bits per heavy atom. The van der Waals surface area contributed by atoms with Gasteiger partial charge in [0.15, 0.2) is 5.51 Å². The SMILES string of the molecule is [c]1nc2c(s1)CCCC2. The van der Waals surface area contributed by atoms with Crippen LogP contribution in [0.5, 0.6) is 0 Å². The van der Waals surface area contributed by atoms with Crippen molar-refractivity contribution in [3.8, 4) is 0 Å². The molecular formula is C7H8NS. The highest BCUT2D eigenvalue weighted by Crippen LogP contribution is 2.22. The largest absolute Gasteiger partial charge is 0.238 e. The highest BCUT2D eigenvalue weighted by atomic mass is 32.1. The fraction of sp³-hybridized carbons (Fsp3) is 0.571. The molecule has 0 fully saturated rings. The molecule has 0 unspecified atom stereocenters. The Balaban J connectivity index is 2.39. The number of hydrogen-bond acceptors (Lipinski definition) is 2. The summed E-state index contributed by atoms with van der Waals surface area (Å²) in [7, 11) is 0. The molecule has 1 nitrogen and oxygen atoms in total. The summed E-state index contributed by atoms with van der Waals surface area (Å²) in [5.74, 6) is 0. The molecule has 1 heterocycles. The van der Waals surface area contributed by atoms with Gasteiger partial charge in [0.25, 0.3) is 0 Å². The molecule has 0 N–H and O–H groups in total. The van der Waals surface area contributed by atoms with Crippen molar-refractivity contribution in [1.82, 2.24) is 4.98 Å². The molecule has 0 atom stereocenters. The molecule has 0 aromatic carbocycles. The molecule has 2 rings (SSSR count). The Hall–Kier alpha value is -0.370. The Bertz CT molecular complexity index is 184. The predicted octanol–water partition coefficient (Wildman–Crippen LogP) is 1.82. The maximum Gasteiger partial charge on any atom is 0.152 e. The number of nitrogens with zero attached hydrogens (tertiary/aromatic N) is 1. The third kappa shape index (κ3) is 0.874. The van der Waals surface area contributed by atoms with Crippen LogP contribution >= 0.6 is 11.3 Å². The van der Waals surface area contributed by atoms with Gasteiger partial charge in [-0.1, -0.05) is 0 Å². The number of fused-ring (bicyclic) bond motifs is 1. The Kier molecular flexibility index (Phi) is 1.27. The van der Waals surface area contributed by atoms with Crippen LogP contribution in [0, 0.1) is 5.51 Å². The molecule has 1 aromatic rings. The topological polar surface area (TPSA) is 12.9 Å². The van der Waals surface area contributed by atoms with E-state index in [0.717, 1.165) is 0 Å². The number of rotatable bonds is 0. The van der Waals surface area contributed by atoms with E-state index in [2.05, 4.69) is 10.5 Å². The average Bonchev–Trinajstić information content (AvgIpc) is 2.33. The highest BCUT2D eigenvalue weighted by Gasteiger charge is 2.10. The minimum Gasteiger partial charge on any atom is -0.238 e. The third-order valence-electron chi connectivity index (χ3n) is 1.74. The van der Waals surface area contributed by atoms with Crippen LogP contribution in [-0.4, -0.2) is 4.98 Å². The van der Waals surface area contributed by atoms with Crippen LogP contribution in [0.4, 0.5) is 0 Å². The summed E-state index contributed by atoms with van der Waals surface area (Å²) >= 11 is 1.69. The second-order valence-electron chi connectivity index (χ2n) is 2.38. The van der Waals surface area contributed by atoms with Gasteiger partial charge in [-0.3, -0.25) is 0 Å². The molecule has 9 heavy (non-hydrogen) atoms. The van der Waals surface area contributed by atoms with Crippen LogP contribution in [0.3, 0.4) is 0 Å². The van der Waals surface area contributed by atoms with Crippen molar-refractivity contribution in [3.63, 3.8) is 0 Å². The van der Waals surface area contributed by atoms with Crippen LogP contribution in [0.25, 0.3) is 0 Å². The van der Waals surface area contributed by atoms with E-state index in [1.807, 2.05) is 0 Å². The number of thiazole rings is 1. The van der Waals surface area contributed by atoms with Crippen molar-refractivity contribution >= 4 is 11.3 Å². The van der Waals surface area contributed by atoms with Crippen LogP contribution in [0.2, 0.25) is 0 Å². The van der Waals surface area contributed by atoms with Gasteiger partial charge in [-0.15, -0.1) is 11.3 Å². The molecule has 2 heteroatoms. The molecule has 0 amide bonds. The monoisotopic (exact) mass is 138 g/mol. The molecule has 0 aliphatic heterocycles. The highest BCUT2D eigenvalue weighted by molar-refractivity contribution is 7.09. The van der Waals surface area contributed by atoms with Gasteiger partial charge in [-0.05, 0) is 25.7 Å². The van der Waals surface area contributed by atoms with Crippen molar-refractivity contribution in [3.05, 3.63) is 16.1 Å². The van der Waals surface area contributed by atoms with Crippen molar-refractivity contribution < 1.29 is 0 Å². The maximum absolute atomic E-state index is 4.15. The van der Waals surface area contributed by atoms with E-state index in [0.29, 0.717) is 0 Å². The summed E-state index contributed by atoms with van der Waals surface area (Å²) in [6, 6.07) is 0. The molecule has 0 bridgehead atoms. The Morgan fingerprint density at radius 2 is 2.22 bits per heavy atom. The first kappa shape index (κ1) is 5.42. The summed E-state index contributed by atoms with van der Waals surface area (Å²) in [5.41, 5.74) is 4.24. The van der Waals surface area contributed by atoms with E-state index in [9.17, 15) is 0 Å². The maximum atomic E-state index is 4.15. The first-order valence-electron chi connectivity index (χ1n) is 3.31. The molecule has 0 spiro atoms. The van der Waals surface area contributed by atoms with Crippen LogP contribution < -0.4 is 0 Å². The van der Waals surface area contributed by atoms with E-state index < -0.39 is 0 Å². The number of aromatic nitrogens is 1. The number of hydrogen-bond donors (Lipinski definition) is 0. The van der Waals surface area contributed by atoms with Crippen molar-refractivity contribution in [1.29, 1.82) is 0 Å². The zero-order valence-corrected chi connectivity index (χ0v) is 6.00. The first-order valence-corrected chi connectivity index (χ1v) is 4.13. The van der Waals surface area contributed by atoms with Gasteiger partial charge in [-0.25, -0.2) is 4.98 Å². The summed E-state index contributed by atoms with van der Waals surface area (Å²) in [6.45, 7) is 0. The van der Waals surface area contributed by atoms with Crippen LogP contribution in [0.1, 0.15) is 23.4 Å². The van der Waals surface area contributed by atoms with Gasteiger partial charge in [0.05, 0.1) is 5.69 Å². The van der Waals surface area contributed by atoms with Crippen molar-refractivity contribution in [2.24, 2.45) is 0 Å². The lowest BCUT2D eigenvalue weighted by Crippen LogP contribution is -1.98. The quantitative estimate of drug-likeness (QED) is 0.533. The van der Waals surface area contributed by atoms with Crippen molar-refractivity contribution in [2.45, 2.75) is 25.7 Å². The van der Waals surface area contributed by atoms with Gasteiger partial charge in [0, 0.05) is 4.88 Å². The summed E-state index contributed by atoms with van der Waals surface area (Å²) in [6.07, 6.45) is 5.11. The van der Waals surface area contributed by atoms with Gasteiger partial charge in [-0.2, -0.15) is 0 Å². The molecule has 0 saturated carbocycles. The molecule has 47 valence electrons. The molecule has 0 saturated heterocycles. The van der Waals surface area contributed by atoms with Crippen LogP contribution in [-0.2, 0) is 12.8 Å². The normalized spacial score (nSPS) is 17.3. The fourth-order valence-corrected chi connectivity index (χ4v) is 2.00. The summed E-state index contributed by atoms with van der Waals surface area (Å²) in [4.78, 5) is 5.62. The molecule has 1 aliphatic rings. The Labute approximate surface area is 58.7 Å². The fourth-order valence-electron chi connectivity index (χ4n) is 1.22. The Morgan fingerprint density at radius 1 is 1.33 bits per heavy atom. The number of aryl methyl sites for hydroxylation is 2. The smallest absolute Gasteiger partial charge is 0.152 e.